The molecular formula is C6H15NSSn. The molecule has 0 saturated carbocycles. The average molecular weight is 252 g/mol. The van der Waals surface area contributed by atoms with Gasteiger partial charge in [-0.05, 0) is 0 Å². The van der Waals surface area contributed by atoms with Crippen molar-refractivity contribution in [2.75, 3.05) is 12.8 Å². The van der Waals surface area contributed by atoms with Crippen LogP contribution in [-0.2, 0) is 0 Å². The van der Waals surface area contributed by atoms with Crippen LogP contribution in [0.4, 0.5) is 0 Å². The second kappa shape index (κ2) is 7.22. The molecule has 9 heavy (non-hydrogen) atoms. The number of thioether (sulfide) groups is 1. The van der Waals surface area contributed by atoms with Crippen LogP contribution in [0.15, 0.2) is 0 Å². The molecule has 1 nitrogen and oxygen atoms in total. The minimum atomic E-state index is 0.863. The van der Waals surface area contributed by atoms with Crippen LogP contribution < -0.4 is 5.73 Å². The van der Waals surface area contributed by atoms with Crippen LogP contribution in [0.25, 0.3) is 0 Å². The zero-order valence-corrected chi connectivity index (χ0v) is 10.1. The molecule has 2 N–H and O–H groups in total. The molecule has 0 rings (SSSR count). The second-order valence-electron chi connectivity index (χ2n) is 2.06. The summed E-state index contributed by atoms with van der Waals surface area (Å²) in [5.74, 6) is 0. The molecule has 0 aliphatic heterocycles. The Balaban J connectivity index is 2.88. The number of nitrogens with two attached hydrogens (primary N) is 1. The van der Waals surface area contributed by atoms with Gasteiger partial charge in [0.15, 0.2) is 0 Å². The first-order valence-corrected chi connectivity index (χ1v) is 6.48. The Bertz CT molecular complexity index is 61.0. The Morgan fingerprint density at radius 2 is 2.22 bits per heavy atom. The van der Waals surface area contributed by atoms with Crippen LogP contribution in [0.3, 0.4) is 0 Å². The molecule has 3 heteroatoms. The van der Waals surface area contributed by atoms with Gasteiger partial charge in [-0.25, -0.2) is 0 Å². The van der Waals surface area contributed by atoms with Crippen LogP contribution in [0.1, 0.15) is 19.3 Å². The third kappa shape index (κ3) is 7.00. The quantitative estimate of drug-likeness (QED) is 0.576. The van der Waals surface area contributed by atoms with Gasteiger partial charge in [-0.2, -0.15) is 0 Å². The van der Waals surface area contributed by atoms with Crippen molar-refractivity contribution in [1.82, 2.24) is 0 Å². The van der Waals surface area contributed by atoms with Gasteiger partial charge in [0.05, 0.1) is 0 Å². The maximum absolute atomic E-state index is 5.36. The Morgan fingerprint density at radius 1 is 1.56 bits per heavy atom. The summed E-state index contributed by atoms with van der Waals surface area (Å²) in [4.78, 5) is 0. The van der Waals surface area contributed by atoms with E-state index in [0.29, 0.717) is 0 Å². The van der Waals surface area contributed by atoms with E-state index in [9.17, 15) is 0 Å². The van der Waals surface area contributed by atoms with E-state index in [2.05, 4.69) is 6.26 Å². The van der Waals surface area contributed by atoms with Crippen LogP contribution in [0.5, 0.6) is 0 Å². The Hall–Kier alpha value is 1.11. The molecule has 0 heterocycles. The van der Waals surface area contributed by atoms with Gasteiger partial charge in [0, 0.05) is 0 Å². The fourth-order valence-electron chi connectivity index (χ4n) is 0.608. The van der Waals surface area contributed by atoms with Gasteiger partial charge in [-0.1, -0.05) is 0 Å². The third-order valence-electron chi connectivity index (χ3n) is 1.25. The van der Waals surface area contributed by atoms with Crippen molar-refractivity contribution in [3.63, 3.8) is 0 Å². The first-order valence-electron chi connectivity index (χ1n) is 3.29. The first-order chi connectivity index (χ1) is 4.31. The monoisotopic (exact) mass is 253 g/mol. The molecule has 0 aromatic heterocycles. The molecule has 0 aromatic carbocycles. The molecule has 0 aliphatic carbocycles. The van der Waals surface area contributed by atoms with E-state index in [1.165, 1.54) is 41.8 Å². The molecular weight excluding hydrogens is 237 g/mol. The summed E-state index contributed by atoms with van der Waals surface area (Å²) in [7, 11) is 0. The predicted molar refractivity (Wildman–Crippen MR) is 47.4 cm³/mol. The zero-order chi connectivity index (χ0) is 7.11. The van der Waals surface area contributed by atoms with Crippen LogP contribution in [0, 0.1) is 0 Å². The molecule has 0 saturated heterocycles. The van der Waals surface area contributed by atoms with E-state index >= 15 is 0 Å². The number of hydrogen-bond acceptors (Lipinski definition) is 2. The number of rotatable bonds is 5. The summed E-state index contributed by atoms with van der Waals surface area (Å²) in [6, 6.07) is 0. The molecule has 0 spiro atoms. The molecule has 0 aliphatic rings. The van der Waals surface area contributed by atoms with Gasteiger partial charge >= 0.3 is 75.3 Å². The Morgan fingerprint density at radius 3 is 2.67 bits per heavy atom. The van der Waals surface area contributed by atoms with E-state index in [1.54, 1.807) is 0 Å². The third-order valence-corrected chi connectivity index (χ3v) is 5.37. The number of hydrogen-bond donors (Lipinski definition) is 1. The van der Waals surface area contributed by atoms with E-state index in [-0.39, 0.29) is 0 Å². The second-order valence-corrected chi connectivity index (χ2v) is 6.81. The first kappa shape index (κ1) is 10.1. The van der Waals surface area contributed by atoms with Crippen molar-refractivity contribution in [2.45, 2.75) is 22.5 Å². The van der Waals surface area contributed by atoms with Gasteiger partial charge in [0.2, 0.25) is 0 Å². The van der Waals surface area contributed by atoms with E-state index < -0.39 is 0 Å². The molecule has 0 aromatic rings. The van der Waals surface area contributed by atoms with Gasteiger partial charge in [0.25, 0.3) is 0 Å². The minimum absolute atomic E-state index is 0.863. The standard InChI is InChI=1S/C6H14NS.Sn.H/c1-8-6-4-2-3-5-7;;/h6H,2-5,7H2,1H3;;. The van der Waals surface area contributed by atoms with Gasteiger partial charge in [-0.3, -0.25) is 0 Å². The van der Waals surface area contributed by atoms with Gasteiger partial charge in [0.1, 0.15) is 0 Å². The summed E-state index contributed by atoms with van der Waals surface area (Å²) in [6.45, 7) is 0.863. The van der Waals surface area contributed by atoms with Gasteiger partial charge < -0.3 is 0 Å². The predicted octanol–water partition coefficient (Wildman–Crippen LogP) is 0.705. The van der Waals surface area contributed by atoms with Crippen molar-refractivity contribution in [3.05, 3.63) is 0 Å². The van der Waals surface area contributed by atoms with Crippen LogP contribution in [0.2, 0.25) is 0 Å². The normalized spacial score (nSPS) is 13.7. The van der Waals surface area contributed by atoms with Crippen molar-refractivity contribution in [2.24, 2.45) is 5.73 Å². The fraction of sp³-hybridized carbons (Fsp3) is 1.00. The summed E-state index contributed by atoms with van der Waals surface area (Å²) in [5, 5.41) is 0. The summed E-state index contributed by atoms with van der Waals surface area (Å²) < 4.78 is 0.946. The summed E-state index contributed by atoms with van der Waals surface area (Å²) in [6.07, 6.45) is 6.10. The maximum atomic E-state index is 5.36. The SMILES string of the molecule is CS[CH]([SnH])CCCCN. The summed E-state index contributed by atoms with van der Waals surface area (Å²) >= 11 is 3.38. The zero-order valence-electron chi connectivity index (χ0n) is 5.97. The van der Waals surface area contributed by atoms with Crippen LogP contribution >= 0.6 is 11.8 Å². The average Bonchev–Trinajstić information content (AvgIpc) is 1.89. The van der Waals surface area contributed by atoms with Crippen LogP contribution in [-0.4, -0.2) is 38.6 Å². The molecule has 0 amide bonds. The molecule has 1 atom stereocenters. The Kier molecular flexibility index (Phi) is 8.11. The van der Waals surface area contributed by atoms with Crippen molar-refractivity contribution in [1.29, 1.82) is 0 Å². The van der Waals surface area contributed by atoms with Gasteiger partial charge in [-0.15, -0.1) is 0 Å². The van der Waals surface area contributed by atoms with Crippen molar-refractivity contribution in [3.8, 4) is 0 Å². The van der Waals surface area contributed by atoms with E-state index in [0.717, 1.165) is 9.81 Å². The topological polar surface area (TPSA) is 26.0 Å². The molecule has 0 bridgehead atoms. The molecule has 0 fully saturated rings. The Labute approximate surface area is 75.2 Å². The molecule has 2 radical (unpaired) electrons. The van der Waals surface area contributed by atoms with Crippen molar-refractivity contribution >= 4 is 34.3 Å². The van der Waals surface area contributed by atoms with E-state index in [1.807, 2.05) is 11.8 Å². The number of unbranched alkanes of at least 4 members (excludes halogenated alkanes) is 1. The molecule has 1 unspecified atom stereocenters. The van der Waals surface area contributed by atoms with Crippen molar-refractivity contribution < 1.29 is 0 Å². The fourth-order valence-corrected chi connectivity index (χ4v) is 1.68. The molecule has 54 valence electrons. The van der Waals surface area contributed by atoms with E-state index in [4.69, 9.17) is 5.73 Å². The summed E-state index contributed by atoms with van der Waals surface area (Å²) in [5.41, 5.74) is 5.36.